The minimum atomic E-state index is -4.54. The molecule has 1 aromatic heterocycles. The average molecular weight is 284 g/mol. The van der Waals surface area contributed by atoms with Crippen LogP contribution in [-0.4, -0.2) is 22.9 Å². The number of carbonyl (C=O) groups is 1. The van der Waals surface area contributed by atoms with Gasteiger partial charge in [-0.1, -0.05) is 0 Å². The molecule has 0 saturated carbocycles. The summed E-state index contributed by atoms with van der Waals surface area (Å²) in [6.45, 7) is 0. The van der Waals surface area contributed by atoms with E-state index in [4.69, 9.17) is 0 Å². The number of nitrogens with zero attached hydrogens (tertiary/aromatic N) is 1. The minimum Gasteiger partial charge on any atom is -0.388 e. The van der Waals surface area contributed by atoms with E-state index >= 15 is 0 Å². The highest BCUT2D eigenvalue weighted by molar-refractivity contribution is 6.03. The van der Waals surface area contributed by atoms with Crippen LogP contribution < -0.4 is 10.6 Å². The first-order valence-corrected chi connectivity index (χ1v) is 5.61. The van der Waals surface area contributed by atoms with Crippen molar-refractivity contribution in [1.29, 1.82) is 0 Å². The molecule has 20 heavy (non-hydrogen) atoms. The Morgan fingerprint density at radius 1 is 1.35 bits per heavy atom. The summed E-state index contributed by atoms with van der Waals surface area (Å²) in [7, 11) is 1.38. The number of halogens is 3. The number of benzene rings is 1. The third kappa shape index (κ3) is 2.90. The first-order chi connectivity index (χ1) is 9.41. The minimum absolute atomic E-state index is 0.0907. The van der Waals surface area contributed by atoms with Crippen LogP contribution in [0.3, 0.4) is 0 Å². The summed E-state index contributed by atoms with van der Waals surface area (Å²) >= 11 is 0. The van der Waals surface area contributed by atoms with Gasteiger partial charge in [-0.25, -0.2) is 4.98 Å². The average Bonchev–Trinajstić information content (AvgIpc) is 2.89. The van der Waals surface area contributed by atoms with Crippen LogP contribution in [0.25, 0.3) is 0 Å². The van der Waals surface area contributed by atoms with Gasteiger partial charge in [-0.2, -0.15) is 13.2 Å². The lowest BCUT2D eigenvalue weighted by Gasteiger charge is -2.13. The molecule has 106 valence electrons. The van der Waals surface area contributed by atoms with Gasteiger partial charge < -0.3 is 10.3 Å². The summed E-state index contributed by atoms with van der Waals surface area (Å²) in [6.07, 6.45) is -1.64. The summed E-state index contributed by atoms with van der Waals surface area (Å²) in [5.41, 5.74) is -1.09. The molecule has 1 aromatic carbocycles. The highest BCUT2D eigenvalue weighted by atomic mass is 19.4. The largest absolute Gasteiger partial charge is 0.418 e. The maximum absolute atomic E-state index is 12.9. The van der Waals surface area contributed by atoms with E-state index in [9.17, 15) is 18.0 Å². The Hall–Kier alpha value is -2.51. The van der Waals surface area contributed by atoms with Crippen molar-refractivity contribution < 1.29 is 18.0 Å². The number of H-pyrrole nitrogens is 1. The topological polar surface area (TPSA) is 69.8 Å². The summed E-state index contributed by atoms with van der Waals surface area (Å²) in [5.74, 6) is -0.505. The van der Waals surface area contributed by atoms with E-state index in [2.05, 4.69) is 20.6 Å². The Balaban J connectivity index is 2.31. The third-order valence-electron chi connectivity index (χ3n) is 2.59. The van der Waals surface area contributed by atoms with Gasteiger partial charge in [0, 0.05) is 30.7 Å². The first-order valence-electron chi connectivity index (χ1n) is 5.61. The summed E-state index contributed by atoms with van der Waals surface area (Å²) in [4.78, 5) is 18.2. The molecule has 0 saturated heterocycles. The normalized spacial score (nSPS) is 11.2. The molecule has 0 aliphatic rings. The summed E-state index contributed by atoms with van der Waals surface area (Å²) in [6, 6.07) is 3.31. The van der Waals surface area contributed by atoms with Gasteiger partial charge in [-0.05, 0) is 18.2 Å². The zero-order valence-corrected chi connectivity index (χ0v) is 10.4. The van der Waals surface area contributed by atoms with Gasteiger partial charge in [-0.3, -0.25) is 10.1 Å². The summed E-state index contributed by atoms with van der Waals surface area (Å²) < 4.78 is 38.6. The molecule has 0 fully saturated rings. The van der Waals surface area contributed by atoms with E-state index in [1.165, 1.54) is 31.6 Å². The molecule has 0 unspecified atom stereocenters. The molecular weight excluding hydrogens is 273 g/mol. The number of nitrogens with one attached hydrogen (secondary N) is 3. The van der Waals surface area contributed by atoms with Crippen molar-refractivity contribution in [3.63, 3.8) is 0 Å². The van der Waals surface area contributed by atoms with E-state index in [-0.39, 0.29) is 17.2 Å². The Morgan fingerprint density at radius 3 is 2.65 bits per heavy atom. The Morgan fingerprint density at radius 2 is 2.10 bits per heavy atom. The van der Waals surface area contributed by atoms with Gasteiger partial charge in [-0.15, -0.1) is 0 Å². The monoisotopic (exact) mass is 284 g/mol. The van der Waals surface area contributed by atoms with Crippen LogP contribution in [0.15, 0.2) is 30.6 Å². The highest BCUT2D eigenvalue weighted by Crippen LogP contribution is 2.35. The van der Waals surface area contributed by atoms with E-state index < -0.39 is 17.6 Å². The molecule has 0 spiro atoms. The lowest BCUT2D eigenvalue weighted by atomic mass is 10.1. The number of anilines is 2. The van der Waals surface area contributed by atoms with Crippen molar-refractivity contribution in [3.05, 3.63) is 41.7 Å². The third-order valence-corrected chi connectivity index (χ3v) is 2.59. The molecule has 5 nitrogen and oxygen atoms in total. The fourth-order valence-corrected chi connectivity index (χ4v) is 1.65. The maximum Gasteiger partial charge on any atom is 0.418 e. The van der Waals surface area contributed by atoms with Crippen LogP contribution in [0.4, 0.5) is 24.8 Å². The van der Waals surface area contributed by atoms with Crippen molar-refractivity contribution in [3.8, 4) is 0 Å². The number of carbonyl (C=O) groups excluding carboxylic acids is 1. The Labute approximate surface area is 112 Å². The van der Waals surface area contributed by atoms with E-state index in [0.29, 0.717) is 0 Å². The smallest absolute Gasteiger partial charge is 0.388 e. The van der Waals surface area contributed by atoms with E-state index in [0.717, 1.165) is 6.07 Å². The first kappa shape index (κ1) is 13.9. The van der Waals surface area contributed by atoms with Crippen molar-refractivity contribution in [2.24, 2.45) is 0 Å². The molecule has 8 heteroatoms. The van der Waals surface area contributed by atoms with Gasteiger partial charge in [0.15, 0.2) is 0 Å². The predicted molar refractivity (Wildman–Crippen MR) is 67.5 cm³/mol. The number of aromatic nitrogens is 2. The molecule has 1 amide bonds. The fourth-order valence-electron chi connectivity index (χ4n) is 1.65. The van der Waals surface area contributed by atoms with E-state index in [1.807, 2.05) is 0 Å². The lowest BCUT2D eigenvalue weighted by molar-refractivity contribution is -0.136. The van der Waals surface area contributed by atoms with E-state index in [1.54, 1.807) is 0 Å². The second-order valence-corrected chi connectivity index (χ2v) is 3.90. The van der Waals surface area contributed by atoms with Gasteiger partial charge in [0.2, 0.25) is 5.95 Å². The number of hydrogen-bond donors (Lipinski definition) is 3. The number of hydrogen-bond acceptors (Lipinski definition) is 3. The van der Waals surface area contributed by atoms with Gasteiger partial charge in [0.25, 0.3) is 5.91 Å². The molecule has 0 atom stereocenters. The Kier molecular flexibility index (Phi) is 3.64. The van der Waals surface area contributed by atoms with Crippen LogP contribution in [0.2, 0.25) is 0 Å². The number of rotatable bonds is 3. The molecule has 3 N–H and O–H groups in total. The van der Waals surface area contributed by atoms with Crippen molar-refractivity contribution in [2.45, 2.75) is 6.18 Å². The molecule has 2 aromatic rings. The predicted octanol–water partition coefficient (Wildman–Crippen LogP) is 2.72. The van der Waals surface area contributed by atoms with Gasteiger partial charge >= 0.3 is 6.18 Å². The quantitative estimate of drug-likeness (QED) is 0.811. The molecule has 0 aliphatic carbocycles. The van der Waals surface area contributed by atoms with Crippen LogP contribution in [0.1, 0.15) is 15.9 Å². The van der Waals surface area contributed by atoms with Gasteiger partial charge in [0.05, 0.1) is 5.56 Å². The lowest BCUT2D eigenvalue weighted by Crippen LogP contribution is -2.16. The second-order valence-electron chi connectivity index (χ2n) is 3.90. The molecule has 0 aliphatic heterocycles. The standard InChI is InChI=1S/C12H11F3N4O/c1-16-9-3-2-7(6-8(9)12(13,14)15)10(20)19-11-17-4-5-18-11/h2-6,16H,1H3,(H2,17,18,19,20). The number of aromatic amines is 1. The maximum atomic E-state index is 12.9. The van der Waals surface area contributed by atoms with Crippen LogP contribution in [-0.2, 0) is 6.18 Å². The molecular formula is C12H11F3N4O. The zero-order chi connectivity index (χ0) is 14.8. The number of amides is 1. The number of alkyl halides is 3. The highest BCUT2D eigenvalue weighted by Gasteiger charge is 2.34. The fraction of sp³-hybridized carbons (Fsp3) is 0.167. The molecule has 1 heterocycles. The van der Waals surface area contributed by atoms with Crippen molar-refractivity contribution in [2.75, 3.05) is 17.7 Å². The summed E-state index contributed by atoms with van der Waals surface area (Å²) in [5, 5.41) is 4.80. The molecule has 2 rings (SSSR count). The second kappa shape index (κ2) is 5.24. The van der Waals surface area contributed by atoms with Crippen LogP contribution in [0.5, 0.6) is 0 Å². The Bertz CT molecular complexity index is 608. The SMILES string of the molecule is CNc1ccc(C(=O)Nc2ncc[nH]2)cc1C(F)(F)F. The van der Waals surface area contributed by atoms with Crippen LogP contribution >= 0.6 is 0 Å². The van der Waals surface area contributed by atoms with Gasteiger partial charge in [0.1, 0.15) is 0 Å². The van der Waals surface area contributed by atoms with Crippen molar-refractivity contribution in [1.82, 2.24) is 9.97 Å². The molecule has 0 bridgehead atoms. The number of imidazole rings is 1. The van der Waals surface area contributed by atoms with Crippen LogP contribution in [0, 0.1) is 0 Å². The zero-order valence-electron chi connectivity index (χ0n) is 10.4. The van der Waals surface area contributed by atoms with Crippen molar-refractivity contribution >= 4 is 17.5 Å². The molecule has 0 radical (unpaired) electrons.